The van der Waals surface area contributed by atoms with Crippen LogP contribution in [0.25, 0.3) is 0 Å². The van der Waals surface area contributed by atoms with Crippen molar-refractivity contribution in [1.82, 2.24) is 0 Å². The molecule has 0 aromatic carbocycles. The lowest BCUT2D eigenvalue weighted by Crippen LogP contribution is -2.01. The Balaban J connectivity index is 2.75. The van der Waals surface area contributed by atoms with Gasteiger partial charge in [0.25, 0.3) is 0 Å². The van der Waals surface area contributed by atoms with Crippen LogP contribution in [0.5, 0.6) is 0 Å². The van der Waals surface area contributed by atoms with E-state index < -0.39 is 0 Å². The number of ether oxygens (including phenoxy) is 1. The van der Waals surface area contributed by atoms with Gasteiger partial charge in [0.1, 0.15) is 0 Å². The van der Waals surface area contributed by atoms with Crippen LogP contribution < -0.4 is 0 Å². The minimum atomic E-state index is -0.102. The Morgan fingerprint density at radius 1 is 1.67 bits per heavy atom. The molecule has 0 bridgehead atoms. The summed E-state index contributed by atoms with van der Waals surface area (Å²) in [6, 6.07) is 0. The third-order valence-corrected chi connectivity index (χ3v) is 0.907. The highest BCUT2D eigenvalue weighted by Gasteiger charge is 1.88. The lowest BCUT2D eigenvalue weighted by molar-refractivity contribution is -0.0259. The summed E-state index contributed by atoms with van der Waals surface area (Å²) in [5.74, 6) is 0. The van der Waals surface area contributed by atoms with Gasteiger partial charge in [0, 0.05) is 16.6 Å². The Kier molecular flexibility index (Phi) is 3.74. The van der Waals surface area contributed by atoms with Crippen LogP contribution in [-0.4, -0.2) is 13.4 Å². The van der Waals surface area contributed by atoms with Crippen LogP contribution in [0.3, 0.4) is 0 Å². The normalized spacial score (nSPS) is 14.5. The average molecular weight is 108 g/mol. The minimum absolute atomic E-state index is 0.102. The number of hydrogen-bond acceptors (Lipinski definition) is 2. The van der Waals surface area contributed by atoms with Crippen molar-refractivity contribution in [2.45, 2.75) is 13.2 Å². The molecule has 38 valence electrons. The maximum Gasteiger partial charge on any atom is 0.157 e. The lowest BCUT2D eigenvalue weighted by atomic mass is 10.8. The van der Waals surface area contributed by atoms with Gasteiger partial charge in [-0.2, -0.15) is 0 Å². The van der Waals surface area contributed by atoms with Gasteiger partial charge in [0.05, 0.1) is 0 Å². The Hall–Kier alpha value is 0.350. The van der Waals surface area contributed by atoms with E-state index in [1.807, 2.05) is 6.92 Å². The molecule has 2 atom stereocenters. The van der Waals surface area contributed by atoms with Crippen molar-refractivity contribution < 1.29 is 9.26 Å². The third-order valence-electron chi connectivity index (χ3n) is 0.524. The number of methoxy groups -OCH3 is 1. The van der Waals surface area contributed by atoms with Gasteiger partial charge in [-0.3, -0.25) is 0 Å². The fraction of sp³-hybridized carbons (Fsp3) is 1.00. The maximum absolute atomic E-state index is 4.66. The van der Waals surface area contributed by atoms with E-state index in [2.05, 4.69) is 18.7 Å². The standard InChI is InChI=1S/C3H9O2P/c1-3(4-2)5-6/h3H,6H2,1-2H3. The van der Waals surface area contributed by atoms with Gasteiger partial charge in [-0.05, 0) is 6.92 Å². The highest BCUT2D eigenvalue weighted by molar-refractivity contribution is 7.09. The van der Waals surface area contributed by atoms with E-state index in [0.717, 1.165) is 0 Å². The van der Waals surface area contributed by atoms with E-state index in [1.54, 1.807) is 7.11 Å². The first-order valence-electron chi connectivity index (χ1n) is 1.69. The molecule has 0 aliphatic rings. The molecule has 0 aromatic heterocycles. The zero-order valence-electron chi connectivity index (χ0n) is 3.97. The molecule has 0 saturated carbocycles. The predicted molar refractivity (Wildman–Crippen MR) is 27.3 cm³/mol. The SMILES string of the molecule is COC(C)OP. The van der Waals surface area contributed by atoms with Crippen molar-refractivity contribution in [2.24, 2.45) is 0 Å². The molecule has 2 unspecified atom stereocenters. The zero-order valence-corrected chi connectivity index (χ0v) is 5.13. The summed E-state index contributed by atoms with van der Waals surface area (Å²) < 4.78 is 9.25. The Morgan fingerprint density at radius 2 is 2.17 bits per heavy atom. The summed E-state index contributed by atoms with van der Waals surface area (Å²) in [5, 5.41) is 0. The Labute approximate surface area is 40.1 Å². The van der Waals surface area contributed by atoms with Crippen LogP contribution in [0.4, 0.5) is 0 Å². The molecule has 0 fully saturated rings. The monoisotopic (exact) mass is 108 g/mol. The highest BCUT2D eigenvalue weighted by Crippen LogP contribution is 1.94. The van der Waals surface area contributed by atoms with Crippen LogP contribution in [0.1, 0.15) is 6.92 Å². The van der Waals surface area contributed by atoms with Gasteiger partial charge < -0.3 is 9.26 Å². The van der Waals surface area contributed by atoms with E-state index in [1.165, 1.54) is 0 Å². The molecular formula is C3H9O2P. The fourth-order valence-corrected chi connectivity index (χ4v) is 0.167. The van der Waals surface area contributed by atoms with Crippen molar-refractivity contribution in [3.05, 3.63) is 0 Å². The average Bonchev–Trinajstić information content (AvgIpc) is 1.65. The first-order chi connectivity index (χ1) is 2.81. The van der Waals surface area contributed by atoms with Crippen molar-refractivity contribution in [3.8, 4) is 0 Å². The van der Waals surface area contributed by atoms with E-state index in [0.29, 0.717) is 0 Å². The highest BCUT2D eigenvalue weighted by atomic mass is 31.0. The van der Waals surface area contributed by atoms with Gasteiger partial charge in [0.15, 0.2) is 6.29 Å². The van der Waals surface area contributed by atoms with Gasteiger partial charge in [-0.25, -0.2) is 0 Å². The topological polar surface area (TPSA) is 18.5 Å². The van der Waals surface area contributed by atoms with Gasteiger partial charge in [0.2, 0.25) is 0 Å². The van der Waals surface area contributed by atoms with Crippen LogP contribution in [0.2, 0.25) is 0 Å². The zero-order chi connectivity index (χ0) is 4.99. The molecule has 2 nitrogen and oxygen atoms in total. The van der Waals surface area contributed by atoms with Crippen molar-refractivity contribution in [1.29, 1.82) is 0 Å². The second-order valence-electron chi connectivity index (χ2n) is 0.939. The molecule has 6 heavy (non-hydrogen) atoms. The van der Waals surface area contributed by atoms with Crippen molar-refractivity contribution in [2.75, 3.05) is 7.11 Å². The summed E-state index contributed by atoms with van der Waals surface area (Å²) in [7, 11) is 3.71. The van der Waals surface area contributed by atoms with Crippen LogP contribution in [-0.2, 0) is 9.26 Å². The summed E-state index contributed by atoms with van der Waals surface area (Å²) in [5.41, 5.74) is 0. The molecule has 0 heterocycles. The molecule has 0 radical (unpaired) electrons. The second kappa shape index (κ2) is 3.54. The number of hydrogen-bond donors (Lipinski definition) is 0. The molecule has 0 aliphatic heterocycles. The van der Waals surface area contributed by atoms with Crippen LogP contribution in [0, 0.1) is 0 Å². The smallest absolute Gasteiger partial charge is 0.157 e. The maximum atomic E-state index is 4.66. The van der Waals surface area contributed by atoms with E-state index in [9.17, 15) is 0 Å². The number of rotatable bonds is 2. The predicted octanol–water partition coefficient (Wildman–Crippen LogP) is 0.785. The molecule has 0 spiro atoms. The summed E-state index contributed by atoms with van der Waals surface area (Å²) in [6.07, 6.45) is -0.102. The fourth-order valence-electron chi connectivity index (χ4n) is 0.0556. The molecule has 0 N–H and O–H groups in total. The van der Waals surface area contributed by atoms with Crippen LogP contribution >= 0.6 is 9.47 Å². The summed E-state index contributed by atoms with van der Waals surface area (Å²) >= 11 is 0. The minimum Gasteiger partial charge on any atom is -0.356 e. The molecule has 3 heteroatoms. The summed E-state index contributed by atoms with van der Waals surface area (Å²) in [4.78, 5) is 0. The van der Waals surface area contributed by atoms with Gasteiger partial charge in [-0.1, -0.05) is 0 Å². The van der Waals surface area contributed by atoms with Gasteiger partial charge >= 0.3 is 0 Å². The van der Waals surface area contributed by atoms with E-state index in [4.69, 9.17) is 0 Å². The lowest BCUT2D eigenvalue weighted by Gasteiger charge is -2.02. The third kappa shape index (κ3) is 2.58. The Bertz CT molecular complexity index is 28.0. The first-order valence-corrected chi connectivity index (χ1v) is 2.16. The Morgan fingerprint density at radius 3 is 2.17 bits per heavy atom. The molecule has 0 saturated heterocycles. The molecule has 0 rings (SSSR count). The first kappa shape index (κ1) is 6.35. The van der Waals surface area contributed by atoms with Crippen LogP contribution in [0.15, 0.2) is 0 Å². The molecule has 0 aromatic rings. The second-order valence-corrected chi connectivity index (χ2v) is 1.21. The quantitative estimate of drug-likeness (QED) is 0.384. The molecule has 0 amide bonds. The molecule has 0 aliphatic carbocycles. The van der Waals surface area contributed by atoms with E-state index in [-0.39, 0.29) is 6.29 Å². The van der Waals surface area contributed by atoms with Crippen molar-refractivity contribution >= 4 is 9.47 Å². The summed E-state index contributed by atoms with van der Waals surface area (Å²) in [6.45, 7) is 1.81. The van der Waals surface area contributed by atoms with E-state index >= 15 is 0 Å². The largest absolute Gasteiger partial charge is 0.356 e. The van der Waals surface area contributed by atoms with Crippen molar-refractivity contribution in [3.63, 3.8) is 0 Å². The van der Waals surface area contributed by atoms with Gasteiger partial charge in [-0.15, -0.1) is 0 Å². The molecular weight excluding hydrogens is 99.0 g/mol.